The second-order valence-electron chi connectivity index (χ2n) is 3.65. The Balaban J connectivity index is 2.97. The van der Waals surface area contributed by atoms with Gasteiger partial charge in [0.2, 0.25) is 5.91 Å². The molecule has 0 bridgehead atoms. The first-order chi connectivity index (χ1) is 8.32. The number of benzene rings is 1. The summed E-state index contributed by atoms with van der Waals surface area (Å²) >= 11 is 0. The highest BCUT2D eigenvalue weighted by Crippen LogP contribution is 2.34. The van der Waals surface area contributed by atoms with Gasteiger partial charge in [-0.3, -0.25) is 4.79 Å². The zero-order chi connectivity index (χ0) is 13.8. The second kappa shape index (κ2) is 5.57. The van der Waals surface area contributed by atoms with Crippen molar-refractivity contribution in [3.05, 3.63) is 35.4 Å². The molecule has 0 aliphatic rings. The minimum absolute atomic E-state index is 0.0453. The molecule has 6 heteroatoms. The number of nitrogens with one attached hydrogen (secondary N) is 1. The summed E-state index contributed by atoms with van der Waals surface area (Å²) in [5.41, 5.74) is 4.69. The summed E-state index contributed by atoms with van der Waals surface area (Å²) < 4.78 is 38.1. The monoisotopic (exact) mass is 258 g/mol. The van der Waals surface area contributed by atoms with Crippen molar-refractivity contribution >= 4 is 17.7 Å². The van der Waals surface area contributed by atoms with E-state index in [2.05, 4.69) is 5.32 Å². The Kier molecular flexibility index (Phi) is 4.36. The molecule has 98 valence electrons. The van der Waals surface area contributed by atoms with Crippen LogP contribution in [0.5, 0.6) is 0 Å². The fourth-order valence-corrected chi connectivity index (χ4v) is 1.40. The van der Waals surface area contributed by atoms with Gasteiger partial charge in [-0.2, -0.15) is 13.2 Å². The van der Waals surface area contributed by atoms with Crippen molar-refractivity contribution in [2.75, 3.05) is 12.3 Å². The average Bonchev–Trinajstić information content (AvgIpc) is 2.24. The third kappa shape index (κ3) is 3.80. The van der Waals surface area contributed by atoms with Crippen LogP contribution >= 0.6 is 0 Å². The predicted molar refractivity (Wildman–Crippen MR) is 63.6 cm³/mol. The molecule has 0 fully saturated rings. The first-order valence-corrected chi connectivity index (χ1v) is 5.19. The SMILES string of the molecule is CC(=O)NCC=Cc1c(N)cccc1C(F)(F)F. The molecule has 0 spiro atoms. The highest BCUT2D eigenvalue weighted by Gasteiger charge is 2.33. The van der Waals surface area contributed by atoms with Gasteiger partial charge < -0.3 is 11.1 Å². The molecule has 1 aromatic rings. The number of carbonyl (C=O) groups is 1. The molecule has 1 amide bonds. The molecule has 0 unspecified atom stereocenters. The van der Waals surface area contributed by atoms with Crippen LogP contribution in [0.3, 0.4) is 0 Å². The van der Waals surface area contributed by atoms with Crippen LogP contribution in [-0.4, -0.2) is 12.5 Å². The van der Waals surface area contributed by atoms with Crippen LogP contribution in [0.2, 0.25) is 0 Å². The topological polar surface area (TPSA) is 55.1 Å². The lowest BCUT2D eigenvalue weighted by molar-refractivity contribution is -0.137. The Morgan fingerprint density at radius 2 is 2.11 bits per heavy atom. The molecule has 0 aromatic heterocycles. The molecular weight excluding hydrogens is 245 g/mol. The van der Waals surface area contributed by atoms with Crippen molar-refractivity contribution in [1.82, 2.24) is 5.32 Å². The van der Waals surface area contributed by atoms with Crippen LogP contribution in [-0.2, 0) is 11.0 Å². The van der Waals surface area contributed by atoms with Gasteiger partial charge in [-0.05, 0) is 12.1 Å². The maximum atomic E-state index is 12.7. The Labute approximate surface area is 102 Å². The van der Waals surface area contributed by atoms with E-state index in [9.17, 15) is 18.0 Å². The van der Waals surface area contributed by atoms with Gasteiger partial charge in [0.25, 0.3) is 0 Å². The second-order valence-corrected chi connectivity index (χ2v) is 3.65. The van der Waals surface area contributed by atoms with Gasteiger partial charge in [-0.1, -0.05) is 18.2 Å². The molecule has 0 saturated heterocycles. The first-order valence-electron chi connectivity index (χ1n) is 5.19. The van der Waals surface area contributed by atoms with Gasteiger partial charge in [0, 0.05) is 24.7 Å². The maximum Gasteiger partial charge on any atom is 0.417 e. The van der Waals surface area contributed by atoms with Gasteiger partial charge in [-0.25, -0.2) is 0 Å². The number of alkyl halides is 3. The molecule has 0 radical (unpaired) electrons. The van der Waals surface area contributed by atoms with E-state index in [1.54, 1.807) is 0 Å². The van der Waals surface area contributed by atoms with Crippen LogP contribution in [0.1, 0.15) is 18.1 Å². The van der Waals surface area contributed by atoms with Crippen molar-refractivity contribution in [2.45, 2.75) is 13.1 Å². The van der Waals surface area contributed by atoms with Gasteiger partial charge in [0.15, 0.2) is 0 Å². The molecule has 0 aliphatic carbocycles. The summed E-state index contributed by atoms with van der Waals surface area (Å²) in [6, 6.07) is 3.62. The van der Waals surface area contributed by atoms with Crippen LogP contribution in [0.15, 0.2) is 24.3 Å². The van der Waals surface area contributed by atoms with Crippen LogP contribution in [0.25, 0.3) is 6.08 Å². The first kappa shape index (κ1) is 14.1. The molecule has 0 aliphatic heterocycles. The molecule has 1 rings (SSSR count). The van der Waals surface area contributed by atoms with Crippen LogP contribution < -0.4 is 11.1 Å². The summed E-state index contributed by atoms with van der Waals surface area (Å²) in [6.07, 6.45) is -1.78. The molecule has 0 saturated carbocycles. The highest BCUT2D eigenvalue weighted by molar-refractivity contribution is 5.73. The van der Waals surface area contributed by atoms with Gasteiger partial charge in [-0.15, -0.1) is 0 Å². The fraction of sp³-hybridized carbons (Fsp3) is 0.250. The molecule has 18 heavy (non-hydrogen) atoms. The summed E-state index contributed by atoms with van der Waals surface area (Å²) in [6.45, 7) is 1.48. The van der Waals surface area contributed by atoms with Crippen molar-refractivity contribution in [1.29, 1.82) is 0 Å². The minimum Gasteiger partial charge on any atom is -0.398 e. The number of amides is 1. The number of anilines is 1. The summed E-state index contributed by atoms with van der Waals surface area (Å²) in [5.74, 6) is -0.253. The van der Waals surface area contributed by atoms with Gasteiger partial charge in [0.1, 0.15) is 0 Å². The highest BCUT2D eigenvalue weighted by atomic mass is 19.4. The normalized spacial score (nSPS) is 11.8. The molecule has 3 nitrogen and oxygen atoms in total. The van der Waals surface area contributed by atoms with E-state index < -0.39 is 11.7 Å². The molecule has 1 aromatic carbocycles. The van der Waals surface area contributed by atoms with Gasteiger partial charge in [0.05, 0.1) is 5.56 Å². The summed E-state index contributed by atoms with van der Waals surface area (Å²) in [4.78, 5) is 10.6. The van der Waals surface area contributed by atoms with E-state index in [1.165, 1.54) is 31.2 Å². The number of hydrogen-bond acceptors (Lipinski definition) is 2. The minimum atomic E-state index is -4.46. The number of nitrogens with two attached hydrogens (primary N) is 1. The number of halogens is 3. The Morgan fingerprint density at radius 3 is 2.67 bits per heavy atom. The molecule has 3 N–H and O–H groups in total. The van der Waals surface area contributed by atoms with E-state index >= 15 is 0 Å². The maximum absolute atomic E-state index is 12.7. The van der Waals surface area contributed by atoms with E-state index in [1.807, 2.05) is 0 Å². The van der Waals surface area contributed by atoms with Gasteiger partial charge >= 0.3 is 6.18 Å². The number of carbonyl (C=O) groups excluding carboxylic acids is 1. The smallest absolute Gasteiger partial charge is 0.398 e. The van der Waals surface area contributed by atoms with E-state index in [4.69, 9.17) is 5.73 Å². The number of hydrogen-bond donors (Lipinski definition) is 2. The van der Waals surface area contributed by atoms with E-state index in [0.717, 1.165) is 6.07 Å². The Hall–Kier alpha value is -1.98. The lowest BCUT2D eigenvalue weighted by Crippen LogP contribution is -2.19. The predicted octanol–water partition coefficient (Wildman–Crippen LogP) is 2.44. The van der Waals surface area contributed by atoms with Crippen molar-refractivity contribution in [3.63, 3.8) is 0 Å². The van der Waals surface area contributed by atoms with Crippen molar-refractivity contribution in [2.24, 2.45) is 0 Å². The van der Waals surface area contributed by atoms with Crippen molar-refractivity contribution < 1.29 is 18.0 Å². The standard InChI is InChI=1S/C12H13F3N2O/c1-8(18)17-7-3-4-9-10(12(13,14)15)5-2-6-11(9)16/h2-6H,7,16H2,1H3,(H,17,18). The molecule has 0 heterocycles. The lowest BCUT2D eigenvalue weighted by Gasteiger charge is -2.12. The van der Waals surface area contributed by atoms with Crippen molar-refractivity contribution in [3.8, 4) is 0 Å². The Bertz CT molecular complexity index is 467. The third-order valence-electron chi connectivity index (χ3n) is 2.20. The van der Waals surface area contributed by atoms with Crippen LogP contribution in [0, 0.1) is 0 Å². The number of nitrogen functional groups attached to an aromatic ring is 1. The van der Waals surface area contributed by atoms with E-state index in [0.29, 0.717) is 0 Å². The summed E-state index contributed by atoms with van der Waals surface area (Å²) in [7, 11) is 0. The largest absolute Gasteiger partial charge is 0.417 e. The quantitative estimate of drug-likeness (QED) is 0.818. The van der Waals surface area contributed by atoms with E-state index in [-0.39, 0.29) is 23.7 Å². The summed E-state index contributed by atoms with van der Waals surface area (Å²) in [5, 5.41) is 2.45. The molecule has 0 atom stereocenters. The third-order valence-corrected chi connectivity index (χ3v) is 2.20. The zero-order valence-corrected chi connectivity index (χ0v) is 9.71. The molecular formula is C12H13F3N2O. The number of rotatable bonds is 3. The van der Waals surface area contributed by atoms with Crippen LogP contribution in [0.4, 0.5) is 18.9 Å². The fourth-order valence-electron chi connectivity index (χ4n) is 1.40. The Morgan fingerprint density at radius 1 is 1.44 bits per heavy atom. The average molecular weight is 258 g/mol. The lowest BCUT2D eigenvalue weighted by atomic mass is 10.0. The zero-order valence-electron chi connectivity index (χ0n) is 9.71.